The first-order valence-corrected chi connectivity index (χ1v) is 17.6. The molecule has 8 nitrogen and oxygen atoms in total. The van der Waals surface area contributed by atoms with Crippen LogP contribution in [0.2, 0.25) is 10.0 Å². The standard InChI is InChI=1S/C35H37Cl5N4O4/c1-22-14-23(2)16-26(15-22)33(46)42-12-13-43(31(19-42)25-8-9-28(36)29(37)17-25)32(20-45)41-27-10-11-44(34(47)48-21-35(38,39)40)30(18-27)24-6-4-3-5-7-24/h3-9,14-17,20,27,30-32,41H,10-13,18-19,21H2,1-2H3. The highest BCUT2D eigenvalue weighted by Gasteiger charge is 2.39. The molecule has 5 rings (SSSR count). The summed E-state index contributed by atoms with van der Waals surface area (Å²) in [4.78, 5) is 45.2. The Morgan fingerprint density at radius 2 is 1.62 bits per heavy atom. The number of aryl methyl sites for hydroxylation is 2. The van der Waals surface area contributed by atoms with Gasteiger partial charge in [-0.05, 0) is 62.1 Å². The van der Waals surface area contributed by atoms with Crippen LogP contribution in [0.4, 0.5) is 4.79 Å². The van der Waals surface area contributed by atoms with E-state index in [9.17, 15) is 14.4 Å². The van der Waals surface area contributed by atoms with Crippen LogP contribution in [-0.4, -0.2) is 81.8 Å². The molecular formula is C35H37Cl5N4O4. The van der Waals surface area contributed by atoms with Crippen LogP contribution < -0.4 is 5.32 Å². The molecular weight excluding hydrogens is 718 g/mol. The Morgan fingerprint density at radius 1 is 0.917 bits per heavy atom. The molecule has 2 heterocycles. The molecule has 4 atom stereocenters. The number of nitrogens with zero attached hydrogens (tertiary/aromatic N) is 3. The average molecular weight is 755 g/mol. The largest absolute Gasteiger partial charge is 0.445 e. The Morgan fingerprint density at radius 3 is 2.27 bits per heavy atom. The zero-order chi connectivity index (χ0) is 34.6. The van der Waals surface area contributed by atoms with E-state index in [0.717, 1.165) is 28.5 Å². The van der Waals surface area contributed by atoms with Gasteiger partial charge >= 0.3 is 6.09 Å². The Kier molecular flexibility index (Phi) is 12.2. The smallest absolute Gasteiger partial charge is 0.410 e. The molecule has 4 unspecified atom stereocenters. The molecule has 2 aliphatic heterocycles. The number of rotatable bonds is 8. The van der Waals surface area contributed by atoms with Gasteiger partial charge in [0.1, 0.15) is 12.8 Å². The lowest BCUT2D eigenvalue weighted by atomic mass is 9.91. The summed E-state index contributed by atoms with van der Waals surface area (Å²) < 4.78 is 3.61. The third-order valence-corrected chi connectivity index (χ3v) is 9.85. The number of alkyl halides is 3. The molecule has 2 saturated heterocycles. The van der Waals surface area contributed by atoms with Crippen molar-refractivity contribution in [3.8, 4) is 0 Å². The van der Waals surface area contributed by atoms with Gasteiger partial charge in [0.15, 0.2) is 6.29 Å². The average Bonchev–Trinajstić information content (AvgIpc) is 3.06. The quantitative estimate of drug-likeness (QED) is 0.186. The number of piperidine rings is 1. The second-order valence-corrected chi connectivity index (χ2v) is 15.6. The second-order valence-electron chi connectivity index (χ2n) is 12.3. The maximum Gasteiger partial charge on any atom is 0.410 e. The SMILES string of the molecule is Cc1cc(C)cc(C(=O)N2CCN(C(C=O)NC3CCN(C(=O)OCC(Cl)(Cl)Cl)C(c4ccccc4)C3)C(c3ccc(Cl)c(Cl)c3)C2)c1. The number of piperazine rings is 1. The zero-order valence-corrected chi connectivity index (χ0v) is 30.3. The van der Waals surface area contributed by atoms with Gasteiger partial charge < -0.3 is 19.3 Å². The summed E-state index contributed by atoms with van der Waals surface area (Å²) >= 11 is 30.2. The highest BCUT2D eigenvalue weighted by atomic mass is 35.6. The molecule has 0 saturated carbocycles. The maximum atomic E-state index is 13.7. The van der Waals surface area contributed by atoms with Crippen molar-refractivity contribution in [3.05, 3.63) is 105 Å². The van der Waals surface area contributed by atoms with E-state index in [0.29, 0.717) is 54.6 Å². The lowest BCUT2D eigenvalue weighted by molar-refractivity contribution is -0.116. The number of hydrogen-bond acceptors (Lipinski definition) is 6. The number of likely N-dealkylation sites (tertiary alicyclic amines) is 1. The molecule has 3 aromatic carbocycles. The van der Waals surface area contributed by atoms with Crippen molar-refractivity contribution in [1.82, 2.24) is 20.0 Å². The van der Waals surface area contributed by atoms with Crippen LogP contribution in [0.5, 0.6) is 0 Å². The summed E-state index contributed by atoms with van der Waals surface area (Å²) in [5.41, 5.74) is 4.42. The summed E-state index contributed by atoms with van der Waals surface area (Å²) in [5.74, 6) is -0.0678. The Hall–Kier alpha value is -2.56. The van der Waals surface area contributed by atoms with Gasteiger partial charge in [0, 0.05) is 37.8 Å². The van der Waals surface area contributed by atoms with Gasteiger partial charge in [-0.15, -0.1) is 0 Å². The number of amides is 2. The number of ether oxygens (including phenoxy) is 1. The van der Waals surface area contributed by atoms with E-state index in [1.165, 1.54) is 0 Å². The van der Waals surface area contributed by atoms with E-state index in [4.69, 9.17) is 62.7 Å². The molecule has 0 aromatic heterocycles. The minimum absolute atomic E-state index is 0.0678. The molecule has 0 radical (unpaired) electrons. The summed E-state index contributed by atoms with van der Waals surface area (Å²) in [6.45, 7) is 5.13. The third-order valence-electron chi connectivity index (χ3n) is 8.78. The van der Waals surface area contributed by atoms with Crippen LogP contribution in [-0.2, 0) is 9.53 Å². The summed E-state index contributed by atoms with van der Waals surface area (Å²) in [6.07, 6.45) is 0.696. The van der Waals surface area contributed by atoms with Crippen LogP contribution in [0.25, 0.3) is 0 Å². The maximum absolute atomic E-state index is 13.7. The van der Waals surface area contributed by atoms with Gasteiger partial charge in [0.2, 0.25) is 3.79 Å². The number of benzene rings is 3. The zero-order valence-electron chi connectivity index (χ0n) is 26.6. The highest BCUT2D eigenvalue weighted by molar-refractivity contribution is 6.67. The Labute approximate surface area is 306 Å². The van der Waals surface area contributed by atoms with Crippen LogP contribution in [0.1, 0.15) is 57.5 Å². The van der Waals surface area contributed by atoms with E-state index in [1.807, 2.05) is 73.3 Å². The van der Waals surface area contributed by atoms with Crippen LogP contribution in [0.3, 0.4) is 0 Å². The summed E-state index contributed by atoms with van der Waals surface area (Å²) in [5, 5.41) is 4.37. The van der Waals surface area contributed by atoms with Crippen molar-refractivity contribution in [2.45, 2.75) is 54.8 Å². The minimum atomic E-state index is -1.73. The number of nitrogens with one attached hydrogen (secondary N) is 1. The van der Waals surface area contributed by atoms with Gasteiger partial charge in [0.25, 0.3) is 5.91 Å². The number of halogens is 5. The number of hydrogen-bond donors (Lipinski definition) is 1. The van der Waals surface area contributed by atoms with E-state index in [1.54, 1.807) is 17.0 Å². The van der Waals surface area contributed by atoms with Crippen molar-refractivity contribution >= 4 is 76.3 Å². The van der Waals surface area contributed by atoms with Gasteiger partial charge in [0.05, 0.1) is 22.1 Å². The lowest BCUT2D eigenvalue weighted by Gasteiger charge is -2.46. The molecule has 13 heteroatoms. The van der Waals surface area contributed by atoms with Gasteiger partial charge in [-0.1, -0.05) is 112 Å². The molecule has 0 spiro atoms. The summed E-state index contributed by atoms with van der Waals surface area (Å²) in [7, 11) is 0. The normalized spacial score (nSPS) is 21.1. The fraction of sp³-hybridized carbons (Fsp3) is 0.400. The van der Waals surface area contributed by atoms with Crippen LogP contribution >= 0.6 is 58.0 Å². The first kappa shape index (κ1) is 36.7. The number of carbonyl (C=O) groups is 3. The van der Waals surface area contributed by atoms with E-state index >= 15 is 0 Å². The molecule has 2 aliphatic rings. The highest BCUT2D eigenvalue weighted by Crippen LogP contribution is 2.35. The van der Waals surface area contributed by atoms with Gasteiger partial charge in [-0.25, -0.2) is 4.79 Å². The fourth-order valence-electron chi connectivity index (χ4n) is 6.62. The fourth-order valence-corrected chi connectivity index (χ4v) is 7.09. The Balaban J connectivity index is 1.37. The molecule has 2 amide bonds. The lowest BCUT2D eigenvalue weighted by Crippen LogP contribution is -2.60. The van der Waals surface area contributed by atoms with E-state index < -0.39 is 16.1 Å². The first-order chi connectivity index (χ1) is 22.8. The monoisotopic (exact) mass is 752 g/mol. The number of carbonyl (C=O) groups excluding carboxylic acids is 3. The molecule has 0 bridgehead atoms. The van der Waals surface area contributed by atoms with Crippen molar-refractivity contribution in [2.24, 2.45) is 0 Å². The van der Waals surface area contributed by atoms with Crippen LogP contribution in [0, 0.1) is 13.8 Å². The summed E-state index contributed by atoms with van der Waals surface area (Å²) in [6, 6.07) is 20.0. The van der Waals surface area contributed by atoms with Crippen LogP contribution in [0.15, 0.2) is 66.7 Å². The molecule has 2 fully saturated rings. The van der Waals surface area contributed by atoms with Gasteiger partial charge in [-0.2, -0.15) is 0 Å². The van der Waals surface area contributed by atoms with Gasteiger partial charge in [-0.3, -0.25) is 15.0 Å². The molecule has 3 aromatic rings. The predicted octanol–water partition coefficient (Wildman–Crippen LogP) is 7.94. The topological polar surface area (TPSA) is 82.2 Å². The molecule has 256 valence electrons. The van der Waals surface area contributed by atoms with E-state index in [-0.39, 0.29) is 30.6 Å². The predicted molar refractivity (Wildman–Crippen MR) is 191 cm³/mol. The third kappa shape index (κ3) is 9.16. The van der Waals surface area contributed by atoms with Crippen molar-refractivity contribution in [3.63, 3.8) is 0 Å². The van der Waals surface area contributed by atoms with Crippen molar-refractivity contribution in [1.29, 1.82) is 0 Å². The molecule has 0 aliphatic carbocycles. The van der Waals surface area contributed by atoms with Crippen molar-refractivity contribution in [2.75, 3.05) is 32.8 Å². The van der Waals surface area contributed by atoms with Crippen molar-refractivity contribution < 1.29 is 19.1 Å². The Bertz CT molecular complexity index is 1600. The second kappa shape index (κ2) is 16.0. The molecule has 48 heavy (non-hydrogen) atoms. The van der Waals surface area contributed by atoms with E-state index in [2.05, 4.69) is 10.2 Å². The number of aldehydes is 1. The minimum Gasteiger partial charge on any atom is -0.445 e. The first-order valence-electron chi connectivity index (χ1n) is 15.7. The molecule has 1 N–H and O–H groups in total.